The van der Waals surface area contributed by atoms with Crippen molar-refractivity contribution in [3.8, 4) is 5.75 Å². The molecule has 102 valence electrons. The predicted molar refractivity (Wildman–Crippen MR) is 72.0 cm³/mol. The van der Waals surface area contributed by atoms with Crippen LogP contribution in [0.1, 0.15) is 28.7 Å². The fraction of sp³-hybridized carbons (Fsp3) is 0.333. The average molecular weight is 263 g/mol. The molecule has 4 heteroatoms. The van der Waals surface area contributed by atoms with E-state index >= 15 is 0 Å². The number of nitrogens with one attached hydrogen (secondary N) is 1. The summed E-state index contributed by atoms with van der Waals surface area (Å²) in [7, 11) is 3.30. The van der Waals surface area contributed by atoms with E-state index in [1.54, 1.807) is 6.07 Å². The van der Waals surface area contributed by atoms with Gasteiger partial charge in [0.1, 0.15) is 11.5 Å². The highest BCUT2D eigenvalue weighted by Gasteiger charge is 2.18. The summed E-state index contributed by atoms with van der Waals surface area (Å²) in [6, 6.07) is 6.85. The van der Waals surface area contributed by atoms with Crippen LogP contribution in [0.3, 0.4) is 0 Å². The summed E-state index contributed by atoms with van der Waals surface area (Å²) in [6.45, 7) is 3.81. The molecule has 1 heterocycles. The topological polar surface area (TPSA) is 34.4 Å². The third-order valence-electron chi connectivity index (χ3n) is 3.19. The SMILES string of the molecule is CNC(c1ccc(OC)c(F)c1)c1cc(C)oc1C. The molecule has 0 aliphatic heterocycles. The summed E-state index contributed by atoms with van der Waals surface area (Å²) in [5, 5.41) is 3.19. The standard InChI is InChI=1S/C15H18FNO2/c1-9-7-12(10(2)19-9)15(17-3)11-5-6-14(18-4)13(16)8-11/h5-8,15,17H,1-4H3. The zero-order valence-corrected chi connectivity index (χ0v) is 11.6. The summed E-state index contributed by atoms with van der Waals surface area (Å²) in [6.07, 6.45) is 0. The van der Waals surface area contributed by atoms with Crippen molar-refractivity contribution >= 4 is 0 Å². The van der Waals surface area contributed by atoms with Gasteiger partial charge in [-0.25, -0.2) is 4.39 Å². The second-order valence-electron chi connectivity index (χ2n) is 4.48. The van der Waals surface area contributed by atoms with Gasteiger partial charge in [-0.2, -0.15) is 0 Å². The van der Waals surface area contributed by atoms with Gasteiger partial charge in [0.2, 0.25) is 0 Å². The molecule has 2 aromatic rings. The zero-order chi connectivity index (χ0) is 14.0. The lowest BCUT2D eigenvalue weighted by molar-refractivity contribution is 0.386. The van der Waals surface area contributed by atoms with Gasteiger partial charge in [-0.05, 0) is 44.7 Å². The number of methoxy groups -OCH3 is 1. The minimum Gasteiger partial charge on any atom is -0.494 e. The Hall–Kier alpha value is -1.81. The molecule has 2 rings (SSSR count). The summed E-state index contributed by atoms with van der Waals surface area (Å²) < 4.78 is 24.3. The Morgan fingerprint density at radius 2 is 2.00 bits per heavy atom. The van der Waals surface area contributed by atoms with E-state index in [2.05, 4.69) is 5.32 Å². The highest BCUT2D eigenvalue weighted by molar-refractivity contribution is 5.38. The Morgan fingerprint density at radius 3 is 2.47 bits per heavy atom. The van der Waals surface area contributed by atoms with E-state index in [1.165, 1.54) is 13.2 Å². The molecule has 1 atom stereocenters. The first-order valence-corrected chi connectivity index (χ1v) is 6.14. The van der Waals surface area contributed by atoms with Crippen LogP contribution in [-0.2, 0) is 0 Å². The second-order valence-corrected chi connectivity index (χ2v) is 4.48. The van der Waals surface area contributed by atoms with Crippen molar-refractivity contribution in [1.29, 1.82) is 0 Å². The molecule has 0 saturated carbocycles. The van der Waals surface area contributed by atoms with Gasteiger partial charge in [-0.15, -0.1) is 0 Å². The van der Waals surface area contributed by atoms with Crippen LogP contribution in [0.15, 0.2) is 28.7 Å². The Bertz CT molecular complexity index is 578. The molecule has 0 bridgehead atoms. The molecular formula is C15H18FNO2. The molecule has 0 fully saturated rings. The van der Waals surface area contributed by atoms with Gasteiger partial charge in [0.15, 0.2) is 11.6 Å². The molecule has 0 saturated heterocycles. The summed E-state index contributed by atoms with van der Waals surface area (Å²) in [5.41, 5.74) is 1.86. The monoisotopic (exact) mass is 263 g/mol. The van der Waals surface area contributed by atoms with E-state index in [1.807, 2.05) is 33.0 Å². The van der Waals surface area contributed by atoms with Gasteiger partial charge in [0.25, 0.3) is 0 Å². The van der Waals surface area contributed by atoms with Crippen molar-refractivity contribution in [2.75, 3.05) is 14.2 Å². The van der Waals surface area contributed by atoms with Gasteiger partial charge < -0.3 is 14.5 Å². The number of ether oxygens (including phenoxy) is 1. The van der Waals surface area contributed by atoms with Gasteiger partial charge >= 0.3 is 0 Å². The molecular weight excluding hydrogens is 245 g/mol. The quantitative estimate of drug-likeness (QED) is 0.918. The van der Waals surface area contributed by atoms with Crippen molar-refractivity contribution in [3.05, 3.63) is 52.7 Å². The van der Waals surface area contributed by atoms with Gasteiger partial charge in [-0.1, -0.05) is 6.07 Å². The van der Waals surface area contributed by atoms with Crippen LogP contribution in [0.5, 0.6) is 5.75 Å². The summed E-state index contributed by atoms with van der Waals surface area (Å²) in [5.74, 6) is 1.58. The van der Waals surface area contributed by atoms with E-state index in [4.69, 9.17) is 9.15 Å². The number of hydrogen-bond acceptors (Lipinski definition) is 3. The van der Waals surface area contributed by atoms with E-state index < -0.39 is 0 Å². The molecule has 1 aromatic carbocycles. The lowest BCUT2D eigenvalue weighted by Gasteiger charge is -2.16. The van der Waals surface area contributed by atoms with Crippen molar-refractivity contribution in [2.45, 2.75) is 19.9 Å². The molecule has 1 N–H and O–H groups in total. The first kappa shape index (κ1) is 13.6. The van der Waals surface area contributed by atoms with Crippen LogP contribution < -0.4 is 10.1 Å². The van der Waals surface area contributed by atoms with Crippen molar-refractivity contribution < 1.29 is 13.5 Å². The van der Waals surface area contributed by atoms with Gasteiger partial charge in [-0.3, -0.25) is 0 Å². The maximum Gasteiger partial charge on any atom is 0.165 e. The molecule has 0 aliphatic carbocycles. The lowest BCUT2D eigenvalue weighted by atomic mass is 9.99. The fourth-order valence-corrected chi connectivity index (χ4v) is 2.30. The third-order valence-corrected chi connectivity index (χ3v) is 3.19. The molecule has 3 nitrogen and oxygen atoms in total. The number of hydrogen-bond donors (Lipinski definition) is 1. The van der Waals surface area contributed by atoms with E-state index in [-0.39, 0.29) is 17.6 Å². The first-order chi connectivity index (χ1) is 9.06. The number of halogens is 1. The Kier molecular flexibility index (Phi) is 3.90. The molecule has 1 unspecified atom stereocenters. The average Bonchev–Trinajstić information content (AvgIpc) is 2.70. The Balaban J connectivity index is 2.42. The van der Waals surface area contributed by atoms with Gasteiger partial charge in [0, 0.05) is 5.56 Å². The Morgan fingerprint density at radius 1 is 1.26 bits per heavy atom. The highest BCUT2D eigenvalue weighted by atomic mass is 19.1. The molecule has 0 spiro atoms. The van der Waals surface area contributed by atoms with Crippen molar-refractivity contribution in [1.82, 2.24) is 5.32 Å². The number of aryl methyl sites for hydroxylation is 2. The van der Waals surface area contributed by atoms with Crippen LogP contribution in [-0.4, -0.2) is 14.2 Å². The number of rotatable bonds is 4. The molecule has 0 amide bonds. The van der Waals surface area contributed by atoms with Gasteiger partial charge in [0.05, 0.1) is 13.2 Å². The minimum absolute atomic E-state index is 0.0992. The number of furan rings is 1. The predicted octanol–water partition coefficient (Wildman–Crippen LogP) is 3.35. The maximum atomic E-state index is 13.8. The van der Waals surface area contributed by atoms with Crippen LogP contribution in [0.2, 0.25) is 0 Å². The normalized spacial score (nSPS) is 12.5. The molecule has 0 radical (unpaired) electrons. The van der Waals surface area contributed by atoms with Crippen LogP contribution >= 0.6 is 0 Å². The largest absolute Gasteiger partial charge is 0.494 e. The second kappa shape index (κ2) is 5.45. The Labute approximate surface area is 112 Å². The molecule has 19 heavy (non-hydrogen) atoms. The van der Waals surface area contributed by atoms with Crippen LogP contribution in [0.4, 0.5) is 4.39 Å². The zero-order valence-electron chi connectivity index (χ0n) is 11.6. The van der Waals surface area contributed by atoms with Crippen molar-refractivity contribution in [2.24, 2.45) is 0 Å². The fourth-order valence-electron chi connectivity index (χ4n) is 2.30. The smallest absolute Gasteiger partial charge is 0.165 e. The van der Waals surface area contributed by atoms with E-state index in [0.29, 0.717) is 0 Å². The lowest BCUT2D eigenvalue weighted by Crippen LogP contribution is -2.18. The molecule has 1 aromatic heterocycles. The third kappa shape index (κ3) is 2.63. The van der Waals surface area contributed by atoms with Crippen molar-refractivity contribution in [3.63, 3.8) is 0 Å². The first-order valence-electron chi connectivity index (χ1n) is 6.14. The van der Waals surface area contributed by atoms with Crippen LogP contribution in [0, 0.1) is 19.7 Å². The van der Waals surface area contributed by atoms with E-state index in [0.717, 1.165) is 22.6 Å². The summed E-state index contributed by atoms with van der Waals surface area (Å²) in [4.78, 5) is 0. The minimum atomic E-state index is -0.363. The van der Waals surface area contributed by atoms with E-state index in [9.17, 15) is 4.39 Å². The summed E-state index contributed by atoms with van der Waals surface area (Å²) >= 11 is 0. The molecule has 0 aliphatic rings. The number of benzene rings is 1. The van der Waals surface area contributed by atoms with Crippen LogP contribution in [0.25, 0.3) is 0 Å². The maximum absolute atomic E-state index is 13.8. The highest BCUT2D eigenvalue weighted by Crippen LogP contribution is 2.29.